The van der Waals surface area contributed by atoms with Gasteiger partial charge in [-0.15, -0.1) is 0 Å². The van der Waals surface area contributed by atoms with Crippen molar-refractivity contribution in [2.75, 3.05) is 32.0 Å². The molecule has 9 heteroatoms. The molecule has 1 atom stereocenters. The Labute approximate surface area is 191 Å². The molecule has 172 valence electrons. The molecule has 0 bridgehead atoms. The highest BCUT2D eigenvalue weighted by molar-refractivity contribution is 7.77. The lowest BCUT2D eigenvalue weighted by Crippen LogP contribution is -2.47. The molecule has 0 saturated carbocycles. The number of rotatable bonds is 4. The molecule has 3 heterocycles. The van der Waals surface area contributed by atoms with Crippen LogP contribution in [0.3, 0.4) is 0 Å². The van der Waals surface area contributed by atoms with Gasteiger partial charge < -0.3 is 9.64 Å². The quantitative estimate of drug-likeness (QED) is 0.571. The zero-order chi connectivity index (χ0) is 23.0. The highest BCUT2D eigenvalue weighted by Crippen LogP contribution is 2.55. The monoisotopic (exact) mass is 470 g/mol. The van der Waals surface area contributed by atoms with Crippen LogP contribution in [0.1, 0.15) is 24.1 Å². The number of carbonyl (C=O) groups is 1. The Balaban J connectivity index is 1.37. The van der Waals surface area contributed by atoms with Crippen LogP contribution in [0.2, 0.25) is 0 Å². The maximum Gasteiger partial charge on any atom is 0.272 e. The second-order valence-electron chi connectivity index (χ2n) is 8.70. The smallest absolute Gasteiger partial charge is 0.272 e. The highest BCUT2D eigenvalue weighted by atomic mass is 31.2. The van der Waals surface area contributed by atoms with Gasteiger partial charge in [0.05, 0.1) is 24.2 Å². The van der Waals surface area contributed by atoms with Crippen molar-refractivity contribution in [3.05, 3.63) is 69.9 Å². The van der Waals surface area contributed by atoms with Gasteiger partial charge in [-0.05, 0) is 36.6 Å². The Kier molecular flexibility index (Phi) is 5.99. The number of nitrogens with zero attached hydrogens (tertiary/aromatic N) is 2. The van der Waals surface area contributed by atoms with Crippen LogP contribution in [0.15, 0.2) is 47.3 Å². The van der Waals surface area contributed by atoms with Crippen LogP contribution in [0.5, 0.6) is 0 Å². The van der Waals surface area contributed by atoms with Gasteiger partial charge in [0, 0.05) is 18.4 Å². The Hall–Kier alpha value is -2.67. The summed E-state index contributed by atoms with van der Waals surface area (Å²) in [6.45, 7) is 1.41. The van der Waals surface area contributed by atoms with Crippen LogP contribution in [-0.2, 0) is 16.0 Å². The molecule has 1 aromatic heterocycles. The lowest BCUT2D eigenvalue weighted by atomic mass is 10.0. The molecule has 0 radical (unpaired) electrons. The van der Waals surface area contributed by atoms with Crippen LogP contribution in [0.25, 0.3) is 10.8 Å². The van der Waals surface area contributed by atoms with Crippen molar-refractivity contribution in [1.82, 2.24) is 15.1 Å². The van der Waals surface area contributed by atoms with Gasteiger partial charge in [-0.1, -0.05) is 24.3 Å². The number of aromatic nitrogens is 2. The summed E-state index contributed by atoms with van der Waals surface area (Å²) in [6.07, 6.45) is 2.37. The Morgan fingerprint density at radius 2 is 1.97 bits per heavy atom. The number of H-pyrrole nitrogens is 1. The highest BCUT2D eigenvalue weighted by Gasteiger charge is 2.46. The van der Waals surface area contributed by atoms with E-state index in [0.29, 0.717) is 54.8 Å². The first-order valence-corrected chi connectivity index (χ1v) is 13.3. The molecule has 2 aliphatic heterocycles. The van der Waals surface area contributed by atoms with Crippen LogP contribution >= 0.6 is 7.49 Å². The molecule has 2 fully saturated rings. The minimum Gasteiger partial charge on any atom is -0.368 e. The van der Waals surface area contributed by atoms with E-state index in [1.54, 1.807) is 29.2 Å². The van der Waals surface area contributed by atoms with Crippen molar-refractivity contribution in [2.45, 2.75) is 25.4 Å². The average molecular weight is 470 g/mol. The largest absolute Gasteiger partial charge is 0.368 e. The third-order valence-electron chi connectivity index (χ3n) is 6.60. The fraction of sp³-hybridized carbons (Fsp3) is 0.375. The van der Waals surface area contributed by atoms with Crippen molar-refractivity contribution >= 4 is 29.5 Å². The normalized spacial score (nSPS) is 20.3. The summed E-state index contributed by atoms with van der Waals surface area (Å²) in [6, 6.07) is 12.0. The fourth-order valence-corrected chi connectivity index (χ4v) is 7.45. The Morgan fingerprint density at radius 3 is 2.70 bits per heavy atom. The molecular formula is C24H26FN3O4P+. The van der Waals surface area contributed by atoms with E-state index in [-0.39, 0.29) is 17.6 Å². The first kappa shape index (κ1) is 22.1. The van der Waals surface area contributed by atoms with Crippen LogP contribution in [0, 0.1) is 5.82 Å². The van der Waals surface area contributed by atoms with Crippen molar-refractivity contribution in [3.8, 4) is 0 Å². The number of carbonyl (C=O) groups excluding carboxylic acids is 1. The molecule has 0 spiro atoms. The van der Waals surface area contributed by atoms with Gasteiger partial charge in [0.15, 0.2) is 18.6 Å². The van der Waals surface area contributed by atoms with Crippen LogP contribution in [0.4, 0.5) is 4.39 Å². The van der Waals surface area contributed by atoms with Gasteiger partial charge in [-0.2, -0.15) is 5.10 Å². The third kappa shape index (κ3) is 4.31. The number of fused-ring (bicyclic) bond motifs is 1. The summed E-state index contributed by atoms with van der Waals surface area (Å²) in [5.41, 5.74) is 1.24. The van der Waals surface area contributed by atoms with E-state index in [0.717, 1.165) is 23.8 Å². The maximum atomic E-state index is 14.8. The van der Waals surface area contributed by atoms with Crippen molar-refractivity contribution in [1.29, 1.82) is 0 Å². The number of amides is 1. The van der Waals surface area contributed by atoms with E-state index >= 15 is 0 Å². The average Bonchev–Trinajstić information content (AvgIpc) is 3.37. The molecule has 7 nitrogen and oxygen atoms in total. The van der Waals surface area contributed by atoms with E-state index in [1.807, 2.05) is 12.1 Å². The second kappa shape index (κ2) is 8.93. The molecule has 5 rings (SSSR count). The molecule has 1 unspecified atom stereocenters. The zero-order valence-electron chi connectivity index (χ0n) is 18.2. The van der Waals surface area contributed by atoms with Gasteiger partial charge in [0.25, 0.3) is 11.5 Å². The third-order valence-corrected chi connectivity index (χ3v) is 9.72. The molecule has 1 amide bonds. The van der Waals surface area contributed by atoms with E-state index in [1.165, 1.54) is 6.07 Å². The predicted octanol–water partition coefficient (Wildman–Crippen LogP) is 2.22. The molecule has 2 saturated heterocycles. The topological polar surface area (TPSA) is 95.5 Å². The SMILES string of the molecule is O=C(C1CCCO1)N1CC[P+](O)(c2cc(Cc3n[nH]c(=O)c4ccccc34)ccc2F)CC1. The maximum absolute atomic E-state index is 14.8. The number of halogens is 1. The summed E-state index contributed by atoms with van der Waals surface area (Å²) in [7, 11) is -2.74. The van der Waals surface area contributed by atoms with E-state index in [2.05, 4.69) is 10.2 Å². The summed E-state index contributed by atoms with van der Waals surface area (Å²) in [4.78, 5) is 37.9. The lowest BCUT2D eigenvalue weighted by molar-refractivity contribution is -0.140. The summed E-state index contributed by atoms with van der Waals surface area (Å²) in [5, 5.41) is 8.39. The molecular weight excluding hydrogens is 444 g/mol. The summed E-state index contributed by atoms with van der Waals surface area (Å²) < 4.78 is 20.4. The molecule has 2 aromatic carbocycles. The zero-order valence-corrected chi connectivity index (χ0v) is 19.1. The predicted molar refractivity (Wildman–Crippen MR) is 126 cm³/mol. The first-order chi connectivity index (χ1) is 15.9. The van der Waals surface area contributed by atoms with Gasteiger partial charge in [0.1, 0.15) is 18.4 Å². The number of benzene rings is 2. The fourth-order valence-electron chi connectivity index (χ4n) is 4.72. The van der Waals surface area contributed by atoms with Gasteiger partial charge in [-0.25, -0.2) is 14.4 Å². The number of aromatic amines is 1. The second-order valence-corrected chi connectivity index (χ2v) is 11.9. The van der Waals surface area contributed by atoms with E-state index in [4.69, 9.17) is 4.74 Å². The van der Waals surface area contributed by atoms with Gasteiger partial charge >= 0.3 is 0 Å². The summed E-state index contributed by atoms with van der Waals surface area (Å²) in [5.74, 6) is -0.447. The summed E-state index contributed by atoms with van der Waals surface area (Å²) >= 11 is 0. The lowest BCUT2D eigenvalue weighted by Gasteiger charge is -2.33. The van der Waals surface area contributed by atoms with Gasteiger partial charge in [0.2, 0.25) is 0 Å². The van der Waals surface area contributed by atoms with Crippen LogP contribution < -0.4 is 10.9 Å². The molecule has 3 aromatic rings. The first-order valence-electron chi connectivity index (χ1n) is 11.2. The molecule has 2 aliphatic rings. The standard InChI is InChI=1S/C24H25FN3O4P/c25-19-8-7-16(14-20-17-4-1-2-5-18(17)23(29)27-26-20)15-22(19)33(31)12-9-28(10-13-33)24(30)21-6-3-11-32-21/h1-2,4-5,7-8,15,21,31H,3,6,9-14H2/p+1. The Bertz CT molecular complexity index is 1250. The number of hydrogen-bond acceptors (Lipinski definition) is 5. The minimum absolute atomic E-state index is 0.0241. The molecule has 33 heavy (non-hydrogen) atoms. The number of nitrogens with one attached hydrogen (secondary N) is 1. The molecule has 2 N–H and O–H groups in total. The van der Waals surface area contributed by atoms with Crippen LogP contribution in [-0.4, -0.2) is 64.0 Å². The van der Waals surface area contributed by atoms with E-state index in [9.17, 15) is 18.9 Å². The van der Waals surface area contributed by atoms with Gasteiger partial charge in [-0.3, -0.25) is 9.59 Å². The van der Waals surface area contributed by atoms with E-state index < -0.39 is 13.3 Å². The molecule has 0 aliphatic carbocycles. The van der Waals surface area contributed by atoms with Crippen molar-refractivity contribution in [2.24, 2.45) is 0 Å². The van der Waals surface area contributed by atoms with Crippen molar-refractivity contribution < 1.29 is 18.8 Å². The number of hydrogen-bond donors (Lipinski definition) is 2. The number of ether oxygens (including phenoxy) is 1. The Morgan fingerprint density at radius 1 is 1.21 bits per heavy atom. The van der Waals surface area contributed by atoms with Crippen molar-refractivity contribution in [3.63, 3.8) is 0 Å². The minimum atomic E-state index is -2.74.